The first kappa shape index (κ1) is 24.5. The second-order valence-electron chi connectivity index (χ2n) is 8.45. The van der Waals surface area contributed by atoms with Crippen LogP contribution in [0.25, 0.3) is 0 Å². The predicted molar refractivity (Wildman–Crippen MR) is 136 cm³/mol. The molecule has 1 unspecified atom stereocenters. The molecule has 1 saturated heterocycles. The number of anilines is 2. The quantitative estimate of drug-likeness (QED) is 0.420. The average molecular weight is 520 g/mol. The van der Waals surface area contributed by atoms with Crippen molar-refractivity contribution in [1.82, 2.24) is 20.1 Å². The SMILES string of the molecule is Cc1cc(Nc2nc(CC3(C(=O)O)CCN(C(=O)c4cccc(Cl)c4P)CC3)ccc2Cl)n[nH]1. The van der Waals surface area contributed by atoms with E-state index < -0.39 is 11.4 Å². The number of hydrogen-bond donors (Lipinski definition) is 3. The van der Waals surface area contributed by atoms with Gasteiger partial charge in [-0.3, -0.25) is 14.7 Å². The van der Waals surface area contributed by atoms with Crippen LogP contribution in [-0.2, 0) is 11.2 Å². The van der Waals surface area contributed by atoms with Crippen molar-refractivity contribution in [1.29, 1.82) is 0 Å². The standard InChI is InChI=1S/C23H24Cl2N5O3P/c1-13-11-18(29-28-13)27-20-17(25)6-5-14(26-20)12-23(22(32)33)7-9-30(10-8-23)21(31)15-3-2-4-16(24)19(15)34/h2-6,11H,7-10,12,34H2,1H3,(H,32,33)(H2,26,27,28,29). The lowest BCUT2D eigenvalue weighted by atomic mass is 9.74. The second-order valence-corrected chi connectivity index (χ2v) is 9.84. The van der Waals surface area contributed by atoms with Crippen molar-refractivity contribution >= 4 is 61.3 Å². The Morgan fingerprint density at radius 1 is 1.21 bits per heavy atom. The van der Waals surface area contributed by atoms with Gasteiger partial charge in [0, 0.05) is 52.9 Å². The molecule has 0 radical (unpaired) electrons. The Hall–Kier alpha value is -2.67. The molecule has 1 fully saturated rings. The number of piperidine rings is 1. The van der Waals surface area contributed by atoms with Crippen LogP contribution >= 0.6 is 32.4 Å². The Bertz CT molecular complexity index is 1240. The van der Waals surface area contributed by atoms with E-state index in [4.69, 9.17) is 23.2 Å². The highest BCUT2D eigenvalue weighted by Gasteiger charge is 2.43. The molecule has 34 heavy (non-hydrogen) atoms. The first-order valence-electron chi connectivity index (χ1n) is 10.7. The number of amides is 1. The molecule has 0 aliphatic carbocycles. The number of benzene rings is 1. The Labute approximate surface area is 209 Å². The summed E-state index contributed by atoms with van der Waals surface area (Å²) in [5, 5.41) is 21.7. The third kappa shape index (κ3) is 5.04. The normalized spacial score (nSPS) is 15.2. The molecule has 2 aromatic heterocycles. The summed E-state index contributed by atoms with van der Waals surface area (Å²) in [6.45, 7) is 2.53. The van der Waals surface area contributed by atoms with Crippen molar-refractivity contribution in [2.75, 3.05) is 18.4 Å². The van der Waals surface area contributed by atoms with E-state index in [2.05, 4.69) is 29.7 Å². The summed E-state index contributed by atoms with van der Waals surface area (Å²) in [7, 11) is 2.50. The highest BCUT2D eigenvalue weighted by Crippen LogP contribution is 2.37. The van der Waals surface area contributed by atoms with Crippen LogP contribution in [0.5, 0.6) is 0 Å². The predicted octanol–water partition coefficient (Wildman–Crippen LogP) is 4.21. The fourth-order valence-electron chi connectivity index (χ4n) is 4.12. The number of aryl methyl sites for hydroxylation is 1. The van der Waals surface area contributed by atoms with Gasteiger partial charge in [0.05, 0.1) is 10.4 Å². The lowest BCUT2D eigenvalue weighted by Gasteiger charge is -2.39. The van der Waals surface area contributed by atoms with Crippen molar-refractivity contribution in [3.63, 3.8) is 0 Å². The molecule has 1 aliphatic heterocycles. The van der Waals surface area contributed by atoms with Crippen LogP contribution in [0.1, 0.15) is 34.6 Å². The molecule has 11 heteroatoms. The number of likely N-dealkylation sites (tertiary alicyclic amines) is 1. The topological polar surface area (TPSA) is 111 Å². The van der Waals surface area contributed by atoms with Gasteiger partial charge in [-0.15, -0.1) is 9.24 Å². The summed E-state index contributed by atoms with van der Waals surface area (Å²) >= 11 is 12.4. The lowest BCUT2D eigenvalue weighted by Crippen LogP contribution is -2.48. The molecule has 3 aromatic rings. The van der Waals surface area contributed by atoms with Gasteiger partial charge in [0.15, 0.2) is 11.6 Å². The van der Waals surface area contributed by atoms with Crippen LogP contribution in [0.4, 0.5) is 11.6 Å². The average Bonchev–Trinajstić information content (AvgIpc) is 3.22. The lowest BCUT2D eigenvalue weighted by molar-refractivity contribution is -0.151. The van der Waals surface area contributed by atoms with Gasteiger partial charge in [-0.25, -0.2) is 4.98 Å². The zero-order chi connectivity index (χ0) is 24.5. The third-order valence-corrected chi connectivity index (χ3v) is 7.56. The number of nitrogens with one attached hydrogen (secondary N) is 2. The van der Waals surface area contributed by atoms with Crippen LogP contribution in [0.3, 0.4) is 0 Å². The number of aromatic nitrogens is 3. The molecular weight excluding hydrogens is 496 g/mol. The van der Waals surface area contributed by atoms with Crippen LogP contribution in [0.2, 0.25) is 10.0 Å². The summed E-state index contributed by atoms with van der Waals surface area (Å²) in [4.78, 5) is 31.6. The number of hydrogen-bond acceptors (Lipinski definition) is 5. The number of carboxylic acids is 1. The molecule has 1 atom stereocenters. The van der Waals surface area contributed by atoms with Crippen molar-refractivity contribution in [3.8, 4) is 0 Å². The molecule has 0 saturated carbocycles. The van der Waals surface area contributed by atoms with Gasteiger partial charge in [-0.2, -0.15) is 5.10 Å². The van der Waals surface area contributed by atoms with E-state index in [0.29, 0.717) is 64.2 Å². The number of nitrogens with zero attached hydrogens (tertiary/aromatic N) is 3. The molecular formula is C23H24Cl2N5O3P. The van der Waals surface area contributed by atoms with Gasteiger partial charge in [0.1, 0.15) is 0 Å². The van der Waals surface area contributed by atoms with E-state index >= 15 is 0 Å². The maximum atomic E-state index is 13.0. The minimum Gasteiger partial charge on any atom is -0.481 e. The minimum atomic E-state index is -1.03. The summed E-state index contributed by atoms with van der Waals surface area (Å²) < 4.78 is 0. The van der Waals surface area contributed by atoms with Crippen LogP contribution in [-0.4, -0.2) is 50.2 Å². The van der Waals surface area contributed by atoms with E-state index in [1.165, 1.54) is 0 Å². The second kappa shape index (κ2) is 9.90. The summed E-state index contributed by atoms with van der Waals surface area (Å²) in [5.74, 6) is -0.0776. The molecule has 1 aliphatic rings. The molecule has 178 valence electrons. The maximum Gasteiger partial charge on any atom is 0.310 e. The molecule has 0 spiro atoms. The summed E-state index contributed by atoms with van der Waals surface area (Å²) in [6, 6.07) is 10.4. The first-order valence-corrected chi connectivity index (χ1v) is 12.0. The number of carbonyl (C=O) groups excluding carboxylic acids is 1. The molecule has 1 amide bonds. The monoisotopic (exact) mass is 519 g/mol. The Kier molecular flexibility index (Phi) is 7.12. The number of halogens is 2. The van der Waals surface area contributed by atoms with Gasteiger partial charge in [-0.05, 0) is 44.0 Å². The van der Waals surface area contributed by atoms with Crippen LogP contribution in [0, 0.1) is 12.3 Å². The van der Waals surface area contributed by atoms with E-state index in [1.54, 1.807) is 35.2 Å². The third-order valence-electron chi connectivity index (χ3n) is 6.12. The fourth-order valence-corrected chi connectivity index (χ4v) is 4.76. The van der Waals surface area contributed by atoms with Crippen molar-refractivity contribution < 1.29 is 14.7 Å². The number of carbonyl (C=O) groups is 2. The molecule has 3 N–H and O–H groups in total. The first-order chi connectivity index (χ1) is 16.2. The van der Waals surface area contributed by atoms with Gasteiger partial charge in [-0.1, -0.05) is 29.3 Å². The van der Waals surface area contributed by atoms with E-state index in [-0.39, 0.29) is 12.3 Å². The van der Waals surface area contributed by atoms with Gasteiger partial charge < -0.3 is 15.3 Å². The molecule has 3 heterocycles. The number of aliphatic carboxylic acids is 1. The van der Waals surface area contributed by atoms with Gasteiger partial charge >= 0.3 is 5.97 Å². The molecule has 4 rings (SSSR count). The Balaban J connectivity index is 1.50. The van der Waals surface area contributed by atoms with E-state index in [1.807, 2.05) is 13.0 Å². The smallest absolute Gasteiger partial charge is 0.310 e. The van der Waals surface area contributed by atoms with Gasteiger partial charge in [0.2, 0.25) is 0 Å². The van der Waals surface area contributed by atoms with Crippen LogP contribution in [0.15, 0.2) is 36.4 Å². The van der Waals surface area contributed by atoms with E-state index in [9.17, 15) is 14.7 Å². The van der Waals surface area contributed by atoms with Gasteiger partial charge in [0.25, 0.3) is 5.91 Å². The largest absolute Gasteiger partial charge is 0.481 e. The van der Waals surface area contributed by atoms with Crippen molar-refractivity contribution in [2.24, 2.45) is 5.41 Å². The molecule has 8 nitrogen and oxygen atoms in total. The van der Waals surface area contributed by atoms with Crippen molar-refractivity contribution in [3.05, 3.63) is 63.4 Å². The zero-order valence-corrected chi connectivity index (χ0v) is 21.1. The number of rotatable bonds is 6. The zero-order valence-electron chi connectivity index (χ0n) is 18.4. The van der Waals surface area contributed by atoms with Crippen molar-refractivity contribution in [2.45, 2.75) is 26.2 Å². The summed E-state index contributed by atoms with van der Waals surface area (Å²) in [5.41, 5.74) is 0.954. The molecule has 1 aromatic carbocycles. The Morgan fingerprint density at radius 2 is 1.94 bits per heavy atom. The maximum absolute atomic E-state index is 13.0. The summed E-state index contributed by atoms with van der Waals surface area (Å²) in [6.07, 6.45) is 0.848. The molecule has 0 bridgehead atoms. The number of pyridine rings is 1. The number of H-pyrrole nitrogens is 1. The minimum absolute atomic E-state index is 0.156. The highest BCUT2D eigenvalue weighted by atomic mass is 35.5. The number of aromatic amines is 1. The Morgan fingerprint density at radius 3 is 2.59 bits per heavy atom. The highest BCUT2D eigenvalue weighted by molar-refractivity contribution is 7.28. The number of carboxylic acid groups (broad SMARTS) is 1. The van der Waals surface area contributed by atoms with Crippen LogP contribution < -0.4 is 10.6 Å². The fraction of sp³-hybridized carbons (Fsp3) is 0.304. The van der Waals surface area contributed by atoms with E-state index in [0.717, 1.165) is 5.69 Å².